The first-order chi connectivity index (χ1) is 10.8. The van der Waals surface area contributed by atoms with Crippen molar-refractivity contribution in [3.05, 3.63) is 60.2 Å². The molecule has 0 radical (unpaired) electrons. The van der Waals surface area contributed by atoms with E-state index < -0.39 is 5.91 Å². The van der Waals surface area contributed by atoms with Crippen molar-refractivity contribution in [2.75, 3.05) is 6.61 Å². The Morgan fingerprint density at radius 2 is 1.86 bits per heavy atom. The minimum atomic E-state index is -0.418. The molecular weight excluding hydrogens is 284 g/mol. The van der Waals surface area contributed by atoms with Crippen molar-refractivity contribution in [1.29, 1.82) is 0 Å². The highest BCUT2D eigenvalue weighted by Crippen LogP contribution is 2.19. The first-order valence-corrected chi connectivity index (χ1v) is 6.74. The molecule has 3 rings (SSSR count). The minimum absolute atomic E-state index is 0.0550. The lowest BCUT2D eigenvalue weighted by molar-refractivity contribution is -0.137. The quantitative estimate of drug-likeness (QED) is 0.708. The van der Waals surface area contributed by atoms with E-state index in [1.165, 1.54) is 0 Å². The van der Waals surface area contributed by atoms with Crippen molar-refractivity contribution in [3.8, 4) is 6.08 Å². The van der Waals surface area contributed by atoms with Crippen LogP contribution in [0.4, 0.5) is 0 Å². The third-order valence-electron chi connectivity index (χ3n) is 2.87. The number of nitrogens with one attached hydrogen (secondary N) is 1. The van der Waals surface area contributed by atoms with E-state index >= 15 is 0 Å². The first kappa shape index (κ1) is 14.1. The van der Waals surface area contributed by atoms with Crippen molar-refractivity contribution in [2.45, 2.75) is 6.61 Å². The Balaban J connectivity index is 1.44. The highest BCUT2D eigenvalue weighted by Gasteiger charge is 2.09. The van der Waals surface area contributed by atoms with Crippen molar-refractivity contribution < 1.29 is 18.8 Å². The number of rotatable bonds is 6. The molecule has 0 unspecified atom stereocenters. The summed E-state index contributed by atoms with van der Waals surface area (Å²) in [6.07, 6.45) is 0.0550. The van der Waals surface area contributed by atoms with E-state index in [0.717, 1.165) is 5.56 Å². The Kier molecular flexibility index (Phi) is 4.31. The fourth-order valence-electron chi connectivity index (χ4n) is 1.84. The number of hydrogen-bond acceptors (Lipinski definition) is 5. The fraction of sp³-hybridized carbons (Fsp3) is 0.125. The van der Waals surface area contributed by atoms with E-state index in [1.807, 2.05) is 42.5 Å². The largest absolute Gasteiger partial charge is 0.440 e. The molecule has 2 aromatic carbocycles. The van der Waals surface area contributed by atoms with Crippen LogP contribution in [0.15, 0.2) is 59.0 Å². The Morgan fingerprint density at radius 3 is 2.68 bits per heavy atom. The molecule has 0 aliphatic rings. The maximum Gasteiger partial charge on any atom is 0.395 e. The van der Waals surface area contributed by atoms with Crippen LogP contribution in [0.3, 0.4) is 0 Å². The van der Waals surface area contributed by atoms with E-state index in [0.29, 0.717) is 11.1 Å². The van der Waals surface area contributed by atoms with Crippen LogP contribution >= 0.6 is 0 Å². The number of nitrogens with zero attached hydrogens (tertiary/aromatic N) is 1. The number of oxazole rings is 1. The van der Waals surface area contributed by atoms with Gasteiger partial charge in [-0.15, -0.1) is 0 Å². The van der Waals surface area contributed by atoms with Gasteiger partial charge in [0.05, 0.1) is 6.61 Å². The van der Waals surface area contributed by atoms with Gasteiger partial charge >= 0.3 is 6.08 Å². The molecule has 0 saturated carbocycles. The van der Waals surface area contributed by atoms with Crippen LogP contribution < -0.4 is 10.2 Å². The summed E-state index contributed by atoms with van der Waals surface area (Å²) in [6.45, 7) is 0.0527. The number of hydrogen-bond donors (Lipinski definition) is 1. The third kappa shape index (κ3) is 3.62. The van der Waals surface area contributed by atoms with Gasteiger partial charge in [-0.25, -0.2) is 5.48 Å². The van der Waals surface area contributed by atoms with Gasteiger partial charge in [-0.3, -0.25) is 9.63 Å². The molecule has 112 valence electrons. The van der Waals surface area contributed by atoms with Gasteiger partial charge in [0, 0.05) is 0 Å². The molecule has 0 bridgehead atoms. The maximum atomic E-state index is 11.6. The molecule has 0 aliphatic carbocycles. The Hall–Kier alpha value is -2.86. The average Bonchev–Trinajstić information content (AvgIpc) is 2.97. The molecule has 1 amide bonds. The molecule has 22 heavy (non-hydrogen) atoms. The predicted octanol–water partition coefficient (Wildman–Crippen LogP) is 2.45. The Labute approximate surface area is 126 Å². The molecule has 0 aliphatic heterocycles. The monoisotopic (exact) mass is 298 g/mol. The van der Waals surface area contributed by atoms with Crippen molar-refractivity contribution in [1.82, 2.24) is 10.5 Å². The van der Waals surface area contributed by atoms with Crippen LogP contribution in [0.25, 0.3) is 11.1 Å². The topological polar surface area (TPSA) is 73.6 Å². The van der Waals surface area contributed by atoms with E-state index in [9.17, 15) is 4.79 Å². The highest BCUT2D eigenvalue weighted by molar-refractivity contribution is 5.76. The third-order valence-corrected chi connectivity index (χ3v) is 2.87. The number of para-hydroxylation sites is 2. The van der Waals surface area contributed by atoms with E-state index in [1.54, 1.807) is 12.1 Å². The molecule has 0 atom stereocenters. The zero-order valence-corrected chi connectivity index (χ0v) is 11.7. The summed E-state index contributed by atoms with van der Waals surface area (Å²) in [6, 6.07) is 16.8. The SMILES string of the molecule is O=C(COc1nc2ccccc2o1)NOCc1ccccc1. The molecule has 0 spiro atoms. The van der Waals surface area contributed by atoms with Crippen LogP contribution in [0.2, 0.25) is 0 Å². The lowest BCUT2D eigenvalue weighted by Crippen LogP contribution is -2.28. The summed E-state index contributed by atoms with van der Waals surface area (Å²) < 4.78 is 10.5. The Morgan fingerprint density at radius 1 is 1.09 bits per heavy atom. The number of hydroxylamine groups is 1. The zero-order valence-electron chi connectivity index (χ0n) is 11.7. The fourth-order valence-corrected chi connectivity index (χ4v) is 1.84. The van der Waals surface area contributed by atoms with Gasteiger partial charge in [-0.1, -0.05) is 42.5 Å². The molecule has 0 fully saturated rings. The molecule has 1 N–H and O–H groups in total. The summed E-state index contributed by atoms with van der Waals surface area (Å²) in [5.74, 6) is -0.418. The molecule has 1 aromatic heterocycles. The van der Waals surface area contributed by atoms with E-state index in [2.05, 4.69) is 10.5 Å². The molecular formula is C16H14N2O4. The lowest BCUT2D eigenvalue weighted by Gasteiger charge is -2.05. The molecule has 6 nitrogen and oxygen atoms in total. The number of fused-ring (bicyclic) bond motifs is 1. The van der Waals surface area contributed by atoms with Gasteiger partial charge in [0.1, 0.15) is 5.52 Å². The van der Waals surface area contributed by atoms with Crippen molar-refractivity contribution in [3.63, 3.8) is 0 Å². The average molecular weight is 298 g/mol. The van der Waals surface area contributed by atoms with Crippen molar-refractivity contribution >= 4 is 17.0 Å². The predicted molar refractivity (Wildman–Crippen MR) is 78.9 cm³/mol. The molecule has 6 heteroatoms. The number of carbonyl (C=O) groups is 1. The summed E-state index contributed by atoms with van der Waals surface area (Å²) in [5.41, 5.74) is 4.55. The number of aromatic nitrogens is 1. The van der Waals surface area contributed by atoms with Gasteiger partial charge < -0.3 is 9.15 Å². The van der Waals surface area contributed by atoms with Gasteiger partial charge in [-0.05, 0) is 17.7 Å². The zero-order chi connectivity index (χ0) is 15.2. The Bertz CT molecular complexity index is 722. The second-order valence-electron chi connectivity index (χ2n) is 4.54. The highest BCUT2D eigenvalue weighted by atomic mass is 16.7. The first-order valence-electron chi connectivity index (χ1n) is 6.74. The number of carbonyl (C=O) groups excluding carboxylic acids is 1. The number of ether oxygens (including phenoxy) is 1. The number of amides is 1. The van der Waals surface area contributed by atoms with Crippen molar-refractivity contribution in [2.24, 2.45) is 0 Å². The van der Waals surface area contributed by atoms with Crippen LogP contribution in [0, 0.1) is 0 Å². The van der Waals surface area contributed by atoms with Crippen LogP contribution in [-0.4, -0.2) is 17.5 Å². The smallest absolute Gasteiger partial charge is 0.395 e. The molecule has 0 saturated heterocycles. The van der Waals surface area contributed by atoms with Gasteiger partial charge in [0.25, 0.3) is 5.91 Å². The maximum absolute atomic E-state index is 11.6. The second-order valence-corrected chi connectivity index (χ2v) is 4.54. The van der Waals surface area contributed by atoms with Gasteiger partial charge in [0.2, 0.25) is 0 Å². The van der Waals surface area contributed by atoms with Crippen LogP contribution in [0.1, 0.15) is 5.56 Å². The summed E-state index contributed by atoms with van der Waals surface area (Å²) in [7, 11) is 0. The minimum Gasteiger partial charge on any atom is -0.440 e. The second kappa shape index (κ2) is 6.73. The summed E-state index contributed by atoms with van der Waals surface area (Å²) >= 11 is 0. The normalized spacial score (nSPS) is 10.5. The van der Waals surface area contributed by atoms with Gasteiger partial charge in [0.15, 0.2) is 12.2 Å². The summed E-state index contributed by atoms with van der Waals surface area (Å²) in [4.78, 5) is 20.8. The van der Waals surface area contributed by atoms with E-state index in [-0.39, 0.29) is 19.3 Å². The summed E-state index contributed by atoms with van der Waals surface area (Å²) in [5, 5.41) is 0. The van der Waals surface area contributed by atoms with Gasteiger partial charge in [-0.2, -0.15) is 4.98 Å². The number of benzene rings is 2. The van der Waals surface area contributed by atoms with E-state index in [4.69, 9.17) is 14.0 Å². The van der Waals surface area contributed by atoms with Crippen LogP contribution in [0.5, 0.6) is 6.08 Å². The van der Waals surface area contributed by atoms with Crippen LogP contribution in [-0.2, 0) is 16.2 Å². The lowest BCUT2D eigenvalue weighted by atomic mass is 10.2. The standard InChI is InChI=1S/C16H14N2O4/c19-15(18-21-10-12-6-2-1-3-7-12)11-20-16-17-13-8-4-5-9-14(13)22-16/h1-9H,10-11H2,(H,18,19). The molecule has 1 heterocycles. The molecule has 3 aromatic rings.